The molecule has 0 atom stereocenters. The van der Waals surface area contributed by atoms with Crippen LogP contribution in [0.25, 0.3) is 11.4 Å². The molecule has 2 rings (SSSR count). The highest BCUT2D eigenvalue weighted by Gasteiger charge is 2.08. The van der Waals surface area contributed by atoms with Crippen molar-refractivity contribution in [2.75, 3.05) is 5.73 Å². The van der Waals surface area contributed by atoms with Gasteiger partial charge in [0.05, 0.1) is 17.4 Å². The highest BCUT2D eigenvalue weighted by molar-refractivity contribution is 7.07. The Balaban J connectivity index is 2.60. The summed E-state index contributed by atoms with van der Waals surface area (Å²) in [4.78, 5) is 4.16. The molecule has 0 aromatic carbocycles. The molecule has 2 aromatic heterocycles. The highest BCUT2D eigenvalue weighted by Crippen LogP contribution is 2.23. The van der Waals surface area contributed by atoms with E-state index in [4.69, 9.17) is 5.73 Å². The summed E-state index contributed by atoms with van der Waals surface area (Å²) in [5, 5.41) is 5.98. The number of nitrogen functional groups attached to an aromatic ring is 1. The molecule has 0 amide bonds. The van der Waals surface area contributed by atoms with Crippen molar-refractivity contribution in [1.29, 1.82) is 0 Å². The van der Waals surface area contributed by atoms with E-state index >= 15 is 0 Å². The highest BCUT2D eigenvalue weighted by atomic mass is 32.1. The largest absolute Gasteiger partial charge is 0.396 e. The maximum Gasteiger partial charge on any atom is 0.110 e. The quantitative estimate of drug-likeness (QED) is 0.715. The first-order valence-corrected chi connectivity index (χ1v) is 4.39. The van der Waals surface area contributed by atoms with E-state index in [1.807, 2.05) is 12.4 Å². The molecule has 0 fully saturated rings. The molecule has 2 aromatic rings. The predicted octanol–water partition coefficient (Wildman–Crippen LogP) is 1.13. The second-order valence-electron chi connectivity index (χ2n) is 2.45. The van der Waals surface area contributed by atoms with Gasteiger partial charge in [-0.15, -0.1) is 11.3 Å². The third kappa shape index (κ3) is 0.984. The Bertz CT molecular complexity index is 357. The normalized spacial score (nSPS) is 10.4. The summed E-state index contributed by atoms with van der Waals surface area (Å²) in [6, 6.07) is 0. The molecule has 4 nitrogen and oxygen atoms in total. The Hall–Kier alpha value is -1.36. The number of nitrogens with two attached hydrogens (primary N) is 1. The molecular weight excluding hydrogens is 172 g/mol. The molecule has 0 radical (unpaired) electrons. The van der Waals surface area contributed by atoms with Crippen LogP contribution in [0.5, 0.6) is 0 Å². The predicted molar refractivity (Wildman–Crippen MR) is 48.7 cm³/mol. The fourth-order valence-corrected chi connectivity index (χ4v) is 1.63. The summed E-state index contributed by atoms with van der Waals surface area (Å²) in [6.07, 6.45) is 1.63. The lowest BCUT2D eigenvalue weighted by atomic mass is 10.3. The number of rotatable bonds is 1. The van der Waals surface area contributed by atoms with E-state index in [0.717, 1.165) is 11.4 Å². The molecule has 0 aliphatic rings. The lowest BCUT2D eigenvalue weighted by Gasteiger charge is -1.97. The minimum atomic E-state index is 0.670. The van der Waals surface area contributed by atoms with Gasteiger partial charge in [-0.05, 0) is 0 Å². The third-order valence-electron chi connectivity index (χ3n) is 1.64. The minimum Gasteiger partial charge on any atom is -0.396 e. The van der Waals surface area contributed by atoms with Crippen LogP contribution in [0, 0.1) is 0 Å². The monoisotopic (exact) mass is 180 g/mol. The van der Waals surface area contributed by atoms with Gasteiger partial charge < -0.3 is 5.73 Å². The van der Waals surface area contributed by atoms with Gasteiger partial charge in [-0.1, -0.05) is 0 Å². The van der Waals surface area contributed by atoms with E-state index in [9.17, 15) is 0 Å². The molecule has 0 aliphatic heterocycles. The number of thiazole rings is 1. The molecular formula is C7H8N4S. The van der Waals surface area contributed by atoms with Gasteiger partial charge in [0.1, 0.15) is 11.4 Å². The van der Waals surface area contributed by atoms with E-state index in [1.54, 1.807) is 27.7 Å². The lowest BCUT2D eigenvalue weighted by molar-refractivity contribution is 0.774. The molecule has 62 valence electrons. The maximum atomic E-state index is 5.71. The van der Waals surface area contributed by atoms with Crippen LogP contribution in [0.4, 0.5) is 5.69 Å². The zero-order valence-electron chi connectivity index (χ0n) is 6.56. The summed E-state index contributed by atoms with van der Waals surface area (Å²) < 4.78 is 1.73. The molecule has 12 heavy (non-hydrogen) atoms. The van der Waals surface area contributed by atoms with Gasteiger partial charge in [-0.25, -0.2) is 4.98 Å². The molecule has 0 unspecified atom stereocenters. The van der Waals surface area contributed by atoms with Gasteiger partial charge in [-0.3, -0.25) is 4.68 Å². The van der Waals surface area contributed by atoms with E-state index in [1.165, 1.54) is 0 Å². The topological polar surface area (TPSA) is 56.7 Å². The van der Waals surface area contributed by atoms with Gasteiger partial charge in [0, 0.05) is 12.4 Å². The van der Waals surface area contributed by atoms with E-state index in [2.05, 4.69) is 10.1 Å². The Labute approximate surface area is 73.7 Å². The van der Waals surface area contributed by atoms with Crippen molar-refractivity contribution in [3.05, 3.63) is 17.1 Å². The standard InChI is InChI=1S/C7H8N4S/c1-11-7(5(8)2-10-11)6-3-12-4-9-6/h2-4H,8H2,1H3. The Morgan fingerprint density at radius 3 is 2.92 bits per heavy atom. The number of hydrogen-bond donors (Lipinski definition) is 1. The molecule has 2 N–H and O–H groups in total. The number of anilines is 1. The van der Waals surface area contributed by atoms with Gasteiger partial charge in [0.15, 0.2) is 0 Å². The summed E-state index contributed by atoms with van der Waals surface area (Å²) >= 11 is 1.55. The van der Waals surface area contributed by atoms with Crippen LogP contribution in [0.1, 0.15) is 0 Å². The SMILES string of the molecule is Cn1ncc(N)c1-c1cscn1. The van der Waals surface area contributed by atoms with Crippen LogP contribution < -0.4 is 5.73 Å². The average molecular weight is 180 g/mol. The smallest absolute Gasteiger partial charge is 0.110 e. The van der Waals surface area contributed by atoms with E-state index in [-0.39, 0.29) is 0 Å². The van der Waals surface area contributed by atoms with E-state index < -0.39 is 0 Å². The van der Waals surface area contributed by atoms with Crippen molar-refractivity contribution >= 4 is 17.0 Å². The van der Waals surface area contributed by atoms with Gasteiger partial charge in [-0.2, -0.15) is 5.10 Å². The lowest BCUT2D eigenvalue weighted by Crippen LogP contribution is -1.95. The first-order valence-electron chi connectivity index (χ1n) is 3.45. The van der Waals surface area contributed by atoms with Crippen molar-refractivity contribution in [3.8, 4) is 11.4 Å². The fourth-order valence-electron chi connectivity index (χ4n) is 1.10. The van der Waals surface area contributed by atoms with Crippen LogP contribution in [-0.4, -0.2) is 14.8 Å². The maximum absolute atomic E-state index is 5.71. The van der Waals surface area contributed by atoms with Crippen molar-refractivity contribution in [2.24, 2.45) is 7.05 Å². The Morgan fingerprint density at radius 1 is 1.58 bits per heavy atom. The van der Waals surface area contributed by atoms with E-state index in [0.29, 0.717) is 5.69 Å². The molecule has 0 aliphatic carbocycles. The zero-order chi connectivity index (χ0) is 8.55. The summed E-state index contributed by atoms with van der Waals surface area (Å²) in [5.74, 6) is 0. The number of nitrogens with zero attached hydrogens (tertiary/aromatic N) is 3. The average Bonchev–Trinajstić information content (AvgIpc) is 2.61. The first kappa shape index (κ1) is 7.30. The number of aryl methyl sites for hydroxylation is 1. The summed E-state index contributed by atoms with van der Waals surface area (Å²) in [5.41, 5.74) is 9.94. The third-order valence-corrected chi connectivity index (χ3v) is 2.23. The van der Waals surface area contributed by atoms with Crippen molar-refractivity contribution in [2.45, 2.75) is 0 Å². The Morgan fingerprint density at radius 2 is 2.42 bits per heavy atom. The molecule has 2 heterocycles. The summed E-state index contributed by atoms with van der Waals surface area (Å²) in [6.45, 7) is 0. The second kappa shape index (κ2) is 2.60. The molecule has 0 spiro atoms. The van der Waals surface area contributed by atoms with Gasteiger partial charge in [0.2, 0.25) is 0 Å². The zero-order valence-corrected chi connectivity index (χ0v) is 7.38. The second-order valence-corrected chi connectivity index (χ2v) is 3.16. The van der Waals surface area contributed by atoms with Crippen LogP contribution in [-0.2, 0) is 7.05 Å². The van der Waals surface area contributed by atoms with Crippen LogP contribution in [0.2, 0.25) is 0 Å². The van der Waals surface area contributed by atoms with Crippen molar-refractivity contribution < 1.29 is 0 Å². The van der Waals surface area contributed by atoms with Crippen LogP contribution in [0.15, 0.2) is 17.1 Å². The minimum absolute atomic E-state index is 0.670. The molecule has 5 heteroatoms. The van der Waals surface area contributed by atoms with Gasteiger partial charge >= 0.3 is 0 Å². The molecule has 0 bridgehead atoms. The van der Waals surface area contributed by atoms with Crippen molar-refractivity contribution in [1.82, 2.24) is 14.8 Å². The van der Waals surface area contributed by atoms with Crippen LogP contribution >= 0.6 is 11.3 Å². The van der Waals surface area contributed by atoms with Crippen LogP contribution in [0.3, 0.4) is 0 Å². The Kier molecular flexibility index (Phi) is 1.58. The fraction of sp³-hybridized carbons (Fsp3) is 0.143. The van der Waals surface area contributed by atoms with Crippen molar-refractivity contribution in [3.63, 3.8) is 0 Å². The first-order chi connectivity index (χ1) is 5.79. The van der Waals surface area contributed by atoms with Gasteiger partial charge in [0.25, 0.3) is 0 Å². The summed E-state index contributed by atoms with van der Waals surface area (Å²) in [7, 11) is 1.85. The molecule has 0 saturated heterocycles. The molecule has 0 saturated carbocycles. The number of hydrogen-bond acceptors (Lipinski definition) is 4. The number of aromatic nitrogens is 3.